The van der Waals surface area contributed by atoms with Crippen molar-refractivity contribution in [2.45, 2.75) is 32.2 Å². The first kappa shape index (κ1) is 12.7. The van der Waals surface area contributed by atoms with Gasteiger partial charge in [0.1, 0.15) is 5.82 Å². The fourth-order valence-electron chi connectivity index (χ4n) is 2.44. The van der Waals surface area contributed by atoms with E-state index in [2.05, 4.69) is 12.2 Å². The van der Waals surface area contributed by atoms with Crippen LogP contribution in [0, 0.1) is 11.7 Å². The maximum atomic E-state index is 13.7. The molecule has 1 aromatic rings. The highest BCUT2D eigenvalue weighted by molar-refractivity contribution is 5.94. The van der Waals surface area contributed by atoms with Gasteiger partial charge >= 0.3 is 5.97 Å². The van der Waals surface area contributed by atoms with Crippen molar-refractivity contribution in [3.63, 3.8) is 0 Å². The number of hydrogen-bond acceptors (Lipinski definition) is 3. The van der Waals surface area contributed by atoms with Crippen molar-refractivity contribution >= 4 is 17.3 Å². The van der Waals surface area contributed by atoms with Gasteiger partial charge in [0.05, 0.1) is 11.3 Å². The zero-order valence-electron chi connectivity index (χ0n) is 10.2. The smallest absolute Gasteiger partial charge is 0.337 e. The number of hydrogen-bond donors (Lipinski definition) is 3. The van der Waals surface area contributed by atoms with Gasteiger partial charge in [-0.2, -0.15) is 0 Å². The van der Waals surface area contributed by atoms with Gasteiger partial charge in [-0.1, -0.05) is 6.92 Å². The Bertz CT molecular complexity index is 476. The van der Waals surface area contributed by atoms with E-state index < -0.39 is 11.8 Å². The van der Waals surface area contributed by atoms with E-state index in [4.69, 9.17) is 10.8 Å². The van der Waals surface area contributed by atoms with Crippen LogP contribution in [0.3, 0.4) is 0 Å². The van der Waals surface area contributed by atoms with E-state index in [9.17, 15) is 9.18 Å². The van der Waals surface area contributed by atoms with Crippen LogP contribution in [-0.2, 0) is 0 Å². The number of aromatic carboxylic acids is 1. The lowest BCUT2D eigenvalue weighted by Crippen LogP contribution is -2.17. The Morgan fingerprint density at radius 2 is 2.22 bits per heavy atom. The molecule has 0 aromatic heterocycles. The molecule has 0 aliphatic heterocycles. The molecule has 4 nitrogen and oxygen atoms in total. The highest BCUT2D eigenvalue weighted by atomic mass is 19.1. The van der Waals surface area contributed by atoms with E-state index in [1.54, 1.807) is 0 Å². The van der Waals surface area contributed by atoms with E-state index in [0.717, 1.165) is 25.3 Å². The normalized spacial score (nSPS) is 23.0. The lowest BCUT2D eigenvalue weighted by atomic mass is 10.1. The van der Waals surface area contributed by atoms with E-state index in [-0.39, 0.29) is 23.0 Å². The van der Waals surface area contributed by atoms with Crippen LogP contribution in [0.1, 0.15) is 36.5 Å². The summed E-state index contributed by atoms with van der Waals surface area (Å²) in [6.07, 6.45) is 3.07. The maximum Gasteiger partial charge on any atom is 0.337 e. The molecule has 0 bridgehead atoms. The van der Waals surface area contributed by atoms with Crippen LogP contribution in [0.15, 0.2) is 12.1 Å². The maximum absolute atomic E-state index is 13.7. The van der Waals surface area contributed by atoms with Gasteiger partial charge in [-0.15, -0.1) is 0 Å². The Balaban J connectivity index is 2.22. The number of carbonyl (C=O) groups is 1. The molecule has 1 saturated carbocycles. The fraction of sp³-hybridized carbons (Fsp3) is 0.462. The zero-order chi connectivity index (χ0) is 13.3. The van der Waals surface area contributed by atoms with E-state index in [1.165, 1.54) is 6.07 Å². The SMILES string of the molecule is CC1CCC(Nc2cc(C(=O)O)c(N)cc2F)C1. The monoisotopic (exact) mass is 252 g/mol. The van der Waals surface area contributed by atoms with Crippen LogP contribution in [0.25, 0.3) is 0 Å². The lowest BCUT2D eigenvalue weighted by molar-refractivity contribution is 0.0698. The summed E-state index contributed by atoms with van der Waals surface area (Å²) < 4.78 is 13.7. The van der Waals surface area contributed by atoms with E-state index in [0.29, 0.717) is 5.92 Å². The number of nitrogens with one attached hydrogen (secondary N) is 1. The number of carboxylic acid groups (broad SMARTS) is 1. The quantitative estimate of drug-likeness (QED) is 0.723. The summed E-state index contributed by atoms with van der Waals surface area (Å²) in [6, 6.07) is 2.54. The van der Waals surface area contributed by atoms with Crippen molar-refractivity contribution < 1.29 is 14.3 Å². The molecular weight excluding hydrogens is 235 g/mol. The Labute approximate surface area is 105 Å². The van der Waals surface area contributed by atoms with Gasteiger partial charge in [0.2, 0.25) is 0 Å². The Morgan fingerprint density at radius 3 is 2.78 bits per heavy atom. The van der Waals surface area contributed by atoms with Gasteiger partial charge in [-0.25, -0.2) is 9.18 Å². The molecule has 0 heterocycles. The summed E-state index contributed by atoms with van der Waals surface area (Å²) in [6.45, 7) is 2.16. The van der Waals surface area contributed by atoms with E-state index >= 15 is 0 Å². The second kappa shape index (κ2) is 4.84. The third-order valence-electron chi connectivity index (χ3n) is 3.42. The number of benzene rings is 1. The second-order valence-corrected chi connectivity index (χ2v) is 4.98. The van der Waals surface area contributed by atoms with Gasteiger partial charge < -0.3 is 16.2 Å². The average molecular weight is 252 g/mol. The summed E-state index contributed by atoms with van der Waals surface area (Å²) in [5, 5.41) is 12.0. The molecule has 0 saturated heterocycles. The highest BCUT2D eigenvalue weighted by Crippen LogP contribution is 2.29. The zero-order valence-corrected chi connectivity index (χ0v) is 10.2. The Kier molecular flexibility index (Phi) is 3.41. The van der Waals surface area contributed by atoms with Gasteiger partial charge in [-0.05, 0) is 37.3 Å². The van der Waals surface area contributed by atoms with Crippen molar-refractivity contribution in [3.05, 3.63) is 23.5 Å². The van der Waals surface area contributed by atoms with Crippen LogP contribution in [0.2, 0.25) is 0 Å². The van der Waals surface area contributed by atoms with Crippen molar-refractivity contribution in [1.29, 1.82) is 0 Å². The molecule has 2 atom stereocenters. The molecule has 0 radical (unpaired) electrons. The fourth-order valence-corrected chi connectivity index (χ4v) is 2.44. The minimum absolute atomic E-state index is 0.0506. The molecule has 0 amide bonds. The molecule has 4 N–H and O–H groups in total. The molecule has 2 unspecified atom stereocenters. The van der Waals surface area contributed by atoms with Crippen LogP contribution in [0.5, 0.6) is 0 Å². The van der Waals surface area contributed by atoms with Crippen LogP contribution in [0.4, 0.5) is 15.8 Å². The molecule has 1 aliphatic rings. The number of anilines is 2. The third kappa shape index (κ3) is 2.55. The molecule has 98 valence electrons. The first-order valence-electron chi connectivity index (χ1n) is 6.06. The van der Waals surface area contributed by atoms with Gasteiger partial charge in [0.25, 0.3) is 0 Å². The third-order valence-corrected chi connectivity index (χ3v) is 3.42. The second-order valence-electron chi connectivity index (χ2n) is 4.98. The number of carboxylic acids is 1. The molecule has 1 aliphatic carbocycles. The topological polar surface area (TPSA) is 75.3 Å². The van der Waals surface area contributed by atoms with Crippen molar-refractivity contribution in [2.24, 2.45) is 5.92 Å². The predicted octanol–water partition coefficient (Wildman–Crippen LogP) is 2.71. The number of nitrogen functional groups attached to an aromatic ring is 1. The first-order valence-corrected chi connectivity index (χ1v) is 6.06. The standard InChI is InChI=1S/C13H17FN2O2/c1-7-2-3-8(4-7)16-12-5-9(13(17)18)11(15)6-10(12)14/h5-8,16H,2-4,15H2,1H3,(H,17,18). The summed E-state index contributed by atoms with van der Waals surface area (Å²) in [4.78, 5) is 10.9. The van der Waals surface area contributed by atoms with Gasteiger partial charge in [0, 0.05) is 11.7 Å². The molecule has 5 heteroatoms. The van der Waals surface area contributed by atoms with Gasteiger partial charge in [0.15, 0.2) is 0 Å². The summed E-state index contributed by atoms with van der Waals surface area (Å²) in [7, 11) is 0. The molecule has 0 spiro atoms. The number of halogens is 1. The van der Waals surface area contributed by atoms with Crippen LogP contribution < -0.4 is 11.1 Å². The molecule has 1 aromatic carbocycles. The van der Waals surface area contributed by atoms with Crippen LogP contribution >= 0.6 is 0 Å². The van der Waals surface area contributed by atoms with Crippen molar-refractivity contribution in [3.8, 4) is 0 Å². The average Bonchev–Trinajstić information content (AvgIpc) is 2.67. The highest BCUT2D eigenvalue weighted by Gasteiger charge is 2.22. The molecule has 1 fully saturated rings. The lowest BCUT2D eigenvalue weighted by Gasteiger charge is -2.16. The predicted molar refractivity (Wildman–Crippen MR) is 68.2 cm³/mol. The molecule has 18 heavy (non-hydrogen) atoms. The van der Waals surface area contributed by atoms with Gasteiger partial charge in [-0.3, -0.25) is 0 Å². The minimum Gasteiger partial charge on any atom is -0.478 e. The van der Waals surface area contributed by atoms with Crippen molar-refractivity contribution in [1.82, 2.24) is 0 Å². The van der Waals surface area contributed by atoms with E-state index in [1.807, 2.05) is 0 Å². The largest absolute Gasteiger partial charge is 0.478 e. The number of nitrogens with two attached hydrogens (primary N) is 1. The van der Waals surface area contributed by atoms with Crippen LogP contribution in [-0.4, -0.2) is 17.1 Å². The van der Waals surface area contributed by atoms with Crippen molar-refractivity contribution in [2.75, 3.05) is 11.1 Å². The molecule has 2 rings (SSSR count). The minimum atomic E-state index is -1.14. The number of rotatable bonds is 3. The summed E-state index contributed by atoms with van der Waals surface area (Å²) in [5.41, 5.74) is 5.58. The molecular formula is C13H17FN2O2. The first-order chi connectivity index (χ1) is 8.47. The summed E-state index contributed by atoms with van der Waals surface area (Å²) in [5.74, 6) is -1.02. The Hall–Kier alpha value is -1.78. The Morgan fingerprint density at radius 1 is 1.50 bits per heavy atom. The summed E-state index contributed by atoms with van der Waals surface area (Å²) >= 11 is 0.